The van der Waals surface area contributed by atoms with E-state index in [9.17, 15) is 0 Å². The molecule has 0 aliphatic rings. The molecule has 1 rings (SSSR count). The maximum atomic E-state index is 6.02. The van der Waals surface area contributed by atoms with Crippen molar-refractivity contribution in [3.05, 3.63) is 28.8 Å². The first-order chi connectivity index (χ1) is 6.45. The fourth-order valence-electron chi connectivity index (χ4n) is 1.29. The molecule has 3 heteroatoms. The summed E-state index contributed by atoms with van der Waals surface area (Å²) in [6, 6.07) is 5.52. The molecule has 0 fully saturated rings. The Morgan fingerprint density at radius 2 is 2.07 bits per heavy atom. The number of hydrogen-bond acceptors (Lipinski definition) is 2. The molecule has 0 bridgehead atoms. The molecule has 0 saturated carbocycles. The number of rotatable bonds is 3. The van der Waals surface area contributed by atoms with Crippen molar-refractivity contribution in [3.63, 3.8) is 0 Å². The van der Waals surface area contributed by atoms with Crippen LogP contribution >= 0.6 is 11.6 Å². The predicted molar refractivity (Wildman–Crippen MR) is 59.8 cm³/mol. The first-order valence-corrected chi connectivity index (χ1v) is 5.04. The second kappa shape index (κ2) is 4.20. The summed E-state index contributed by atoms with van der Waals surface area (Å²) >= 11 is 5.91. The molecule has 14 heavy (non-hydrogen) atoms. The van der Waals surface area contributed by atoms with Gasteiger partial charge in [-0.15, -0.1) is 0 Å². The van der Waals surface area contributed by atoms with Gasteiger partial charge in [0.1, 0.15) is 5.75 Å². The quantitative estimate of drug-likeness (QED) is 0.838. The summed E-state index contributed by atoms with van der Waals surface area (Å²) in [5.74, 6) is 0.810. The SMILES string of the molecule is CCOc1ccc(Cl)cc1C(C)(C)N. The van der Waals surface area contributed by atoms with Gasteiger partial charge in [0, 0.05) is 16.1 Å². The minimum atomic E-state index is -0.435. The van der Waals surface area contributed by atoms with E-state index in [4.69, 9.17) is 22.1 Å². The molecular formula is C11H16ClNO. The van der Waals surface area contributed by atoms with Gasteiger partial charge < -0.3 is 10.5 Å². The van der Waals surface area contributed by atoms with Crippen LogP contribution in [0.2, 0.25) is 5.02 Å². The molecule has 0 aliphatic heterocycles. The van der Waals surface area contributed by atoms with E-state index in [-0.39, 0.29) is 0 Å². The molecule has 0 heterocycles. The molecule has 1 aromatic rings. The van der Waals surface area contributed by atoms with Crippen LogP contribution in [0.5, 0.6) is 5.75 Å². The van der Waals surface area contributed by atoms with Crippen molar-refractivity contribution in [2.24, 2.45) is 5.73 Å². The molecule has 0 aromatic heterocycles. The smallest absolute Gasteiger partial charge is 0.124 e. The summed E-state index contributed by atoms with van der Waals surface area (Å²) in [4.78, 5) is 0. The van der Waals surface area contributed by atoms with E-state index in [1.807, 2.05) is 39.0 Å². The van der Waals surface area contributed by atoms with Crippen LogP contribution in [0, 0.1) is 0 Å². The third kappa shape index (κ3) is 2.63. The summed E-state index contributed by atoms with van der Waals surface area (Å²) in [7, 11) is 0. The fraction of sp³-hybridized carbons (Fsp3) is 0.455. The van der Waals surface area contributed by atoms with E-state index in [0.29, 0.717) is 11.6 Å². The number of halogens is 1. The lowest BCUT2D eigenvalue weighted by Crippen LogP contribution is -2.29. The minimum absolute atomic E-state index is 0.435. The van der Waals surface area contributed by atoms with Crippen molar-refractivity contribution in [2.45, 2.75) is 26.3 Å². The summed E-state index contributed by atoms with van der Waals surface area (Å²) in [5.41, 5.74) is 6.52. The summed E-state index contributed by atoms with van der Waals surface area (Å²) in [6.45, 7) is 6.44. The van der Waals surface area contributed by atoms with Crippen molar-refractivity contribution in [3.8, 4) is 5.75 Å². The minimum Gasteiger partial charge on any atom is -0.494 e. The van der Waals surface area contributed by atoms with Crippen molar-refractivity contribution in [1.82, 2.24) is 0 Å². The first kappa shape index (κ1) is 11.3. The molecule has 0 aliphatic carbocycles. The summed E-state index contributed by atoms with van der Waals surface area (Å²) in [5, 5.41) is 0.682. The monoisotopic (exact) mass is 213 g/mol. The zero-order valence-corrected chi connectivity index (χ0v) is 9.56. The average Bonchev–Trinajstić information content (AvgIpc) is 2.07. The van der Waals surface area contributed by atoms with Crippen LogP contribution in [0.15, 0.2) is 18.2 Å². The van der Waals surface area contributed by atoms with Gasteiger partial charge in [0.2, 0.25) is 0 Å². The van der Waals surface area contributed by atoms with Gasteiger partial charge in [0.15, 0.2) is 0 Å². The van der Waals surface area contributed by atoms with E-state index in [2.05, 4.69) is 0 Å². The Hall–Kier alpha value is -0.730. The van der Waals surface area contributed by atoms with E-state index in [0.717, 1.165) is 11.3 Å². The van der Waals surface area contributed by atoms with Gasteiger partial charge in [0.25, 0.3) is 0 Å². The highest BCUT2D eigenvalue weighted by Crippen LogP contribution is 2.30. The fourth-order valence-corrected chi connectivity index (χ4v) is 1.46. The zero-order valence-electron chi connectivity index (χ0n) is 8.80. The highest BCUT2D eigenvalue weighted by Gasteiger charge is 2.19. The summed E-state index contributed by atoms with van der Waals surface area (Å²) < 4.78 is 5.48. The lowest BCUT2D eigenvalue weighted by atomic mass is 9.95. The lowest BCUT2D eigenvalue weighted by molar-refractivity contribution is 0.328. The predicted octanol–water partition coefficient (Wildman–Crippen LogP) is 2.93. The Morgan fingerprint density at radius 1 is 1.43 bits per heavy atom. The van der Waals surface area contributed by atoms with E-state index < -0.39 is 5.54 Å². The Labute approximate surface area is 90.0 Å². The number of ether oxygens (including phenoxy) is 1. The van der Waals surface area contributed by atoms with Gasteiger partial charge in [-0.2, -0.15) is 0 Å². The van der Waals surface area contributed by atoms with Crippen LogP contribution < -0.4 is 10.5 Å². The van der Waals surface area contributed by atoms with Crippen LogP contribution in [0.25, 0.3) is 0 Å². The maximum absolute atomic E-state index is 6.02. The Kier molecular flexibility index (Phi) is 3.40. The lowest BCUT2D eigenvalue weighted by Gasteiger charge is -2.22. The number of nitrogens with two attached hydrogens (primary N) is 1. The van der Waals surface area contributed by atoms with Crippen LogP contribution in [-0.2, 0) is 5.54 Å². The van der Waals surface area contributed by atoms with Crippen molar-refractivity contribution in [2.75, 3.05) is 6.61 Å². The normalized spacial score (nSPS) is 11.5. The van der Waals surface area contributed by atoms with Crippen LogP contribution in [0.1, 0.15) is 26.3 Å². The van der Waals surface area contributed by atoms with Crippen molar-refractivity contribution < 1.29 is 4.74 Å². The van der Waals surface area contributed by atoms with Crippen LogP contribution in [-0.4, -0.2) is 6.61 Å². The molecule has 1 aromatic carbocycles. The molecule has 0 radical (unpaired) electrons. The van der Waals surface area contributed by atoms with Gasteiger partial charge in [-0.1, -0.05) is 11.6 Å². The molecular weight excluding hydrogens is 198 g/mol. The molecule has 0 saturated heterocycles. The standard InChI is InChI=1S/C11H16ClNO/c1-4-14-10-6-5-8(12)7-9(10)11(2,3)13/h5-7H,4,13H2,1-3H3. The Balaban J connectivity index is 3.16. The van der Waals surface area contributed by atoms with Crippen LogP contribution in [0.4, 0.5) is 0 Å². The molecule has 0 spiro atoms. The van der Waals surface area contributed by atoms with E-state index in [1.54, 1.807) is 0 Å². The third-order valence-electron chi connectivity index (χ3n) is 1.94. The van der Waals surface area contributed by atoms with Gasteiger partial charge in [-0.05, 0) is 39.0 Å². The highest BCUT2D eigenvalue weighted by atomic mass is 35.5. The average molecular weight is 214 g/mol. The van der Waals surface area contributed by atoms with Gasteiger partial charge in [0.05, 0.1) is 6.61 Å². The molecule has 78 valence electrons. The molecule has 2 N–H and O–H groups in total. The number of benzene rings is 1. The van der Waals surface area contributed by atoms with Crippen molar-refractivity contribution in [1.29, 1.82) is 0 Å². The second-order valence-electron chi connectivity index (χ2n) is 3.80. The zero-order chi connectivity index (χ0) is 10.8. The molecule has 2 nitrogen and oxygen atoms in total. The number of hydrogen-bond donors (Lipinski definition) is 1. The van der Waals surface area contributed by atoms with E-state index in [1.165, 1.54) is 0 Å². The van der Waals surface area contributed by atoms with E-state index >= 15 is 0 Å². The Bertz CT molecular complexity index is 318. The topological polar surface area (TPSA) is 35.2 Å². The molecule has 0 unspecified atom stereocenters. The maximum Gasteiger partial charge on any atom is 0.124 e. The van der Waals surface area contributed by atoms with Crippen molar-refractivity contribution >= 4 is 11.6 Å². The largest absolute Gasteiger partial charge is 0.494 e. The highest BCUT2D eigenvalue weighted by molar-refractivity contribution is 6.30. The molecule has 0 atom stereocenters. The second-order valence-corrected chi connectivity index (χ2v) is 4.23. The molecule has 0 amide bonds. The van der Waals surface area contributed by atoms with Gasteiger partial charge in [-0.3, -0.25) is 0 Å². The van der Waals surface area contributed by atoms with Gasteiger partial charge in [-0.25, -0.2) is 0 Å². The first-order valence-electron chi connectivity index (χ1n) is 4.67. The third-order valence-corrected chi connectivity index (χ3v) is 2.17. The van der Waals surface area contributed by atoms with Gasteiger partial charge >= 0.3 is 0 Å². The summed E-state index contributed by atoms with van der Waals surface area (Å²) in [6.07, 6.45) is 0. The Morgan fingerprint density at radius 3 is 2.57 bits per heavy atom. The van der Waals surface area contributed by atoms with Crippen LogP contribution in [0.3, 0.4) is 0 Å².